The highest BCUT2D eigenvalue weighted by atomic mass is 19.1. The van der Waals surface area contributed by atoms with Gasteiger partial charge >= 0.3 is 0 Å². The summed E-state index contributed by atoms with van der Waals surface area (Å²) in [6, 6.07) is 6.82. The Morgan fingerprint density at radius 3 is 3.00 bits per heavy atom. The van der Waals surface area contributed by atoms with E-state index in [1.54, 1.807) is 12.1 Å². The average molecular weight is 261 g/mol. The molecule has 0 saturated carbocycles. The summed E-state index contributed by atoms with van der Waals surface area (Å²) in [5, 5.41) is 7.67. The van der Waals surface area contributed by atoms with E-state index in [-0.39, 0.29) is 11.9 Å². The van der Waals surface area contributed by atoms with E-state index >= 15 is 0 Å². The zero-order valence-corrected chi connectivity index (χ0v) is 11.4. The maximum absolute atomic E-state index is 13.1. The van der Waals surface area contributed by atoms with Crippen LogP contribution in [-0.2, 0) is 13.1 Å². The Hall–Kier alpha value is -1.68. The highest BCUT2D eigenvalue weighted by molar-refractivity contribution is 5.19. The predicted molar refractivity (Wildman–Crippen MR) is 74.2 cm³/mol. The fourth-order valence-corrected chi connectivity index (χ4v) is 2.01. The SMILES string of the molecule is CCCn1cc(CN[C@@H](C)c2cccc(F)c2)cn1. The molecule has 0 spiro atoms. The predicted octanol–water partition coefficient (Wildman–Crippen LogP) is 3.28. The second kappa shape index (κ2) is 6.48. The van der Waals surface area contributed by atoms with E-state index in [1.165, 1.54) is 6.07 Å². The molecule has 102 valence electrons. The summed E-state index contributed by atoms with van der Waals surface area (Å²) >= 11 is 0. The van der Waals surface area contributed by atoms with Gasteiger partial charge in [-0.2, -0.15) is 5.10 Å². The van der Waals surface area contributed by atoms with E-state index in [0.717, 1.165) is 30.6 Å². The van der Waals surface area contributed by atoms with Crippen LogP contribution >= 0.6 is 0 Å². The van der Waals surface area contributed by atoms with Crippen LogP contribution in [0.4, 0.5) is 4.39 Å². The van der Waals surface area contributed by atoms with Crippen LogP contribution in [0.2, 0.25) is 0 Å². The average Bonchev–Trinajstić information content (AvgIpc) is 2.84. The maximum atomic E-state index is 13.1. The van der Waals surface area contributed by atoms with Crippen molar-refractivity contribution in [3.05, 3.63) is 53.6 Å². The lowest BCUT2D eigenvalue weighted by Crippen LogP contribution is -2.17. The van der Waals surface area contributed by atoms with Crippen molar-refractivity contribution >= 4 is 0 Å². The molecule has 0 bridgehead atoms. The topological polar surface area (TPSA) is 29.9 Å². The summed E-state index contributed by atoms with van der Waals surface area (Å²) in [6.07, 6.45) is 5.00. The van der Waals surface area contributed by atoms with Gasteiger partial charge in [0.05, 0.1) is 6.20 Å². The molecule has 1 atom stereocenters. The Balaban J connectivity index is 1.90. The third-order valence-corrected chi connectivity index (χ3v) is 3.10. The van der Waals surface area contributed by atoms with Gasteiger partial charge < -0.3 is 5.32 Å². The number of hydrogen-bond donors (Lipinski definition) is 1. The molecule has 1 aromatic heterocycles. The highest BCUT2D eigenvalue weighted by Crippen LogP contribution is 2.14. The van der Waals surface area contributed by atoms with Crippen molar-refractivity contribution in [2.24, 2.45) is 0 Å². The minimum Gasteiger partial charge on any atom is -0.306 e. The van der Waals surface area contributed by atoms with Crippen LogP contribution in [0.15, 0.2) is 36.7 Å². The minimum atomic E-state index is -0.193. The van der Waals surface area contributed by atoms with E-state index in [1.807, 2.05) is 23.9 Å². The number of nitrogens with one attached hydrogen (secondary N) is 1. The number of nitrogens with zero attached hydrogens (tertiary/aromatic N) is 2. The lowest BCUT2D eigenvalue weighted by molar-refractivity contribution is 0.563. The van der Waals surface area contributed by atoms with Gasteiger partial charge in [-0.1, -0.05) is 19.1 Å². The molecule has 0 saturated heterocycles. The molecule has 0 aliphatic heterocycles. The first kappa shape index (κ1) is 13.7. The van der Waals surface area contributed by atoms with Crippen LogP contribution in [0.5, 0.6) is 0 Å². The van der Waals surface area contributed by atoms with Gasteiger partial charge in [0, 0.05) is 30.9 Å². The van der Waals surface area contributed by atoms with Crippen molar-refractivity contribution in [3.63, 3.8) is 0 Å². The number of hydrogen-bond acceptors (Lipinski definition) is 2. The summed E-state index contributed by atoms with van der Waals surface area (Å²) in [7, 11) is 0. The van der Waals surface area contributed by atoms with Gasteiger partial charge in [0.2, 0.25) is 0 Å². The Morgan fingerprint density at radius 1 is 1.42 bits per heavy atom. The zero-order chi connectivity index (χ0) is 13.7. The van der Waals surface area contributed by atoms with Gasteiger partial charge in [0.25, 0.3) is 0 Å². The van der Waals surface area contributed by atoms with Crippen molar-refractivity contribution in [2.75, 3.05) is 0 Å². The molecule has 19 heavy (non-hydrogen) atoms. The summed E-state index contributed by atoms with van der Waals surface area (Å²) in [6.45, 7) is 5.84. The quantitative estimate of drug-likeness (QED) is 0.864. The maximum Gasteiger partial charge on any atom is 0.123 e. The Labute approximate surface area is 113 Å². The van der Waals surface area contributed by atoms with Gasteiger partial charge in [-0.3, -0.25) is 4.68 Å². The summed E-state index contributed by atoms with van der Waals surface area (Å²) in [5.74, 6) is -0.193. The summed E-state index contributed by atoms with van der Waals surface area (Å²) in [4.78, 5) is 0. The molecule has 0 amide bonds. The molecule has 0 aliphatic carbocycles. The molecule has 1 heterocycles. The molecule has 2 aromatic rings. The van der Waals surface area contributed by atoms with Crippen LogP contribution < -0.4 is 5.32 Å². The number of halogens is 1. The molecule has 0 radical (unpaired) electrons. The Bertz CT molecular complexity index is 522. The first-order valence-electron chi connectivity index (χ1n) is 6.69. The van der Waals surface area contributed by atoms with E-state index in [0.29, 0.717) is 0 Å². The summed E-state index contributed by atoms with van der Waals surface area (Å²) < 4.78 is 15.1. The first-order valence-corrected chi connectivity index (χ1v) is 6.69. The molecule has 0 unspecified atom stereocenters. The lowest BCUT2D eigenvalue weighted by Gasteiger charge is -2.13. The van der Waals surface area contributed by atoms with Gasteiger partial charge in [-0.25, -0.2) is 4.39 Å². The normalized spacial score (nSPS) is 12.6. The fourth-order valence-electron chi connectivity index (χ4n) is 2.01. The summed E-state index contributed by atoms with van der Waals surface area (Å²) in [5.41, 5.74) is 2.11. The van der Waals surface area contributed by atoms with Crippen LogP contribution in [0.1, 0.15) is 37.4 Å². The van der Waals surface area contributed by atoms with Crippen LogP contribution in [-0.4, -0.2) is 9.78 Å². The van der Waals surface area contributed by atoms with Crippen molar-refractivity contribution in [3.8, 4) is 0 Å². The molecule has 0 aliphatic rings. The third-order valence-electron chi connectivity index (χ3n) is 3.10. The van der Waals surface area contributed by atoms with Crippen LogP contribution in [0.3, 0.4) is 0 Å². The second-order valence-corrected chi connectivity index (χ2v) is 4.77. The van der Waals surface area contributed by atoms with Gasteiger partial charge in [-0.15, -0.1) is 0 Å². The molecule has 1 N–H and O–H groups in total. The van der Waals surface area contributed by atoms with E-state index in [2.05, 4.69) is 23.5 Å². The number of aromatic nitrogens is 2. The zero-order valence-electron chi connectivity index (χ0n) is 11.4. The van der Waals surface area contributed by atoms with Crippen molar-refractivity contribution in [1.82, 2.24) is 15.1 Å². The van der Waals surface area contributed by atoms with Gasteiger partial charge in [-0.05, 0) is 31.0 Å². The molecule has 0 fully saturated rings. The van der Waals surface area contributed by atoms with Gasteiger partial charge in [0.15, 0.2) is 0 Å². The minimum absolute atomic E-state index is 0.116. The number of aryl methyl sites for hydroxylation is 1. The molecule has 1 aromatic carbocycles. The highest BCUT2D eigenvalue weighted by Gasteiger charge is 2.06. The van der Waals surface area contributed by atoms with Crippen LogP contribution in [0.25, 0.3) is 0 Å². The van der Waals surface area contributed by atoms with Crippen molar-refractivity contribution < 1.29 is 4.39 Å². The number of rotatable bonds is 6. The Kier molecular flexibility index (Phi) is 4.68. The standard InChI is InChI=1S/C15H20FN3/c1-3-7-19-11-13(10-18-19)9-17-12(2)14-5-4-6-15(16)8-14/h4-6,8,10-12,17H,3,7,9H2,1-2H3/t12-/m0/s1. The van der Waals surface area contributed by atoms with E-state index < -0.39 is 0 Å². The molecular formula is C15H20FN3. The van der Waals surface area contributed by atoms with Crippen molar-refractivity contribution in [1.29, 1.82) is 0 Å². The van der Waals surface area contributed by atoms with E-state index in [4.69, 9.17) is 0 Å². The largest absolute Gasteiger partial charge is 0.306 e. The third kappa shape index (κ3) is 3.89. The number of benzene rings is 1. The van der Waals surface area contributed by atoms with Crippen molar-refractivity contribution in [2.45, 2.75) is 39.4 Å². The Morgan fingerprint density at radius 2 is 2.26 bits per heavy atom. The lowest BCUT2D eigenvalue weighted by atomic mass is 10.1. The fraction of sp³-hybridized carbons (Fsp3) is 0.400. The molecule has 4 heteroatoms. The van der Waals surface area contributed by atoms with Crippen LogP contribution in [0, 0.1) is 5.82 Å². The first-order chi connectivity index (χ1) is 9.19. The molecule has 3 nitrogen and oxygen atoms in total. The smallest absolute Gasteiger partial charge is 0.123 e. The monoisotopic (exact) mass is 261 g/mol. The molecular weight excluding hydrogens is 241 g/mol. The van der Waals surface area contributed by atoms with Gasteiger partial charge in [0.1, 0.15) is 5.82 Å². The van der Waals surface area contributed by atoms with E-state index in [9.17, 15) is 4.39 Å². The molecule has 2 rings (SSSR count). The second-order valence-electron chi connectivity index (χ2n) is 4.77.